The van der Waals surface area contributed by atoms with Crippen LogP contribution in [0, 0.1) is 17.1 Å². The monoisotopic (exact) mass is 352 g/mol. The highest BCUT2D eigenvalue weighted by atomic mass is 32.2. The molecule has 0 fully saturated rings. The summed E-state index contributed by atoms with van der Waals surface area (Å²) in [5, 5.41) is 24.2. The number of aliphatic hydroxyl groups excluding tert-OH is 1. The quantitative estimate of drug-likeness (QED) is 0.824. The molecule has 1 aliphatic rings. The van der Waals surface area contributed by atoms with Gasteiger partial charge in [-0.15, -0.1) is 0 Å². The van der Waals surface area contributed by atoms with Crippen molar-refractivity contribution in [1.29, 1.82) is 5.26 Å². The second-order valence-corrected chi connectivity index (χ2v) is 5.98. The van der Waals surface area contributed by atoms with Crippen molar-refractivity contribution >= 4 is 11.9 Å². The van der Waals surface area contributed by atoms with Gasteiger partial charge in [0, 0.05) is 28.5 Å². The molecule has 2 aromatic rings. The van der Waals surface area contributed by atoms with Gasteiger partial charge >= 0.3 is 0 Å². The van der Waals surface area contributed by atoms with E-state index in [2.05, 4.69) is 0 Å². The summed E-state index contributed by atoms with van der Waals surface area (Å²) < 4.78 is 46.8. The van der Waals surface area contributed by atoms with E-state index in [0.717, 1.165) is 24.1 Å². The van der Waals surface area contributed by atoms with Crippen molar-refractivity contribution < 1.29 is 23.0 Å². The molecule has 1 atom stereocenters. The van der Waals surface area contributed by atoms with E-state index >= 15 is 0 Å². The molecule has 0 saturated carbocycles. The van der Waals surface area contributed by atoms with E-state index in [4.69, 9.17) is 15.1 Å². The van der Waals surface area contributed by atoms with Gasteiger partial charge in [0.25, 0.3) is 5.92 Å². The van der Waals surface area contributed by atoms with Crippen LogP contribution >= 0.6 is 11.9 Å². The van der Waals surface area contributed by atoms with E-state index in [1.165, 1.54) is 18.2 Å². The number of hydrogen-bond acceptors (Lipinski definition) is 5. The van der Waals surface area contributed by atoms with Crippen LogP contribution in [-0.2, 0) is 6.42 Å². The maximum Gasteiger partial charge on any atom is 0.281 e. The zero-order valence-electron chi connectivity index (χ0n) is 12.1. The first-order valence-corrected chi connectivity index (χ1v) is 7.70. The lowest BCUT2D eigenvalue weighted by atomic mass is 10.1. The third-order valence-corrected chi connectivity index (χ3v) is 4.33. The van der Waals surface area contributed by atoms with Crippen molar-refractivity contribution in [2.24, 2.45) is 5.14 Å². The number of rotatable bonds is 3. The number of aliphatic hydroxyl groups is 1. The third-order valence-electron chi connectivity index (χ3n) is 3.72. The normalized spacial score (nSPS) is 18.1. The number of ether oxygens (including phenoxy) is 1. The molecule has 1 aliphatic carbocycles. The lowest BCUT2D eigenvalue weighted by Gasteiger charge is -2.15. The molecule has 0 radical (unpaired) electrons. The zero-order chi connectivity index (χ0) is 17.5. The van der Waals surface area contributed by atoms with Crippen LogP contribution in [0.3, 0.4) is 0 Å². The molecular weight excluding hydrogens is 341 g/mol. The molecule has 0 saturated heterocycles. The molecule has 24 heavy (non-hydrogen) atoms. The molecular formula is C16H11F3N2O2S. The van der Waals surface area contributed by atoms with Gasteiger partial charge in [0.2, 0.25) is 0 Å². The zero-order valence-corrected chi connectivity index (χ0v) is 12.9. The minimum Gasteiger partial charge on any atom is -0.457 e. The van der Waals surface area contributed by atoms with E-state index in [1.807, 2.05) is 0 Å². The predicted octanol–water partition coefficient (Wildman–Crippen LogP) is 3.68. The van der Waals surface area contributed by atoms with Crippen molar-refractivity contribution in [3.8, 4) is 17.6 Å². The van der Waals surface area contributed by atoms with Crippen LogP contribution in [0.1, 0.15) is 22.8 Å². The first-order chi connectivity index (χ1) is 11.4. The first kappa shape index (κ1) is 16.6. The highest BCUT2D eigenvalue weighted by Crippen LogP contribution is 2.50. The number of fused-ring (bicyclic) bond motifs is 1. The third kappa shape index (κ3) is 2.82. The summed E-state index contributed by atoms with van der Waals surface area (Å²) >= 11 is 0.750. The number of nitrogens with two attached hydrogens (primary N) is 1. The molecule has 0 spiro atoms. The fourth-order valence-corrected chi connectivity index (χ4v) is 3.17. The number of halogens is 3. The van der Waals surface area contributed by atoms with Crippen molar-refractivity contribution in [3.63, 3.8) is 0 Å². The summed E-state index contributed by atoms with van der Waals surface area (Å²) in [4.78, 5) is 0.319. The van der Waals surface area contributed by atoms with E-state index in [0.29, 0.717) is 4.90 Å². The summed E-state index contributed by atoms with van der Waals surface area (Å²) in [6.07, 6.45) is -2.70. The van der Waals surface area contributed by atoms with E-state index < -0.39 is 24.3 Å². The van der Waals surface area contributed by atoms with Crippen LogP contribution in [-0.4, -0.2) is 11.0 Å². The molecule has 0 unspecified atom stereocenters. The van der Waals surface area contributed by atoms with Gasteiger partial charge in [-0.2, -0.15) is 5.26 Å². The van der Waals surface area contributed by atoms with Crippen molar-refractivity contribution in [2.75, 3.05) is 0 Å². The van der Waals surface area contributed by atoms with Gasteiger partial charge in [-0.3, -0.25) is 5.14 Å². The SMILES string of the molecule is N#Cc1cc(F)cc(Oc2ccc(SN)c3c2CC(F)(F)[C@H]3O)c1. The smallest absolute Gasteiger partial charge is 0.281 e. The molecule has 124 valence electrons. The largest absolute Gasteiger partial charge is 0.457 e. The molecule has 0 aromatic heterocycles. The lowest BCUT2D eigenvalue weighted by Crippen LogP contribution is -2.21. The summed E-state index contributed by atoms with van der Waals surface area (Å²) in [5.74, 6) is -3.95. The second kappa shape index (κ2) is 6.02. The van der Waals surface area contributed by atoms with Crippen molar-refractivity contribution in [3.05, 3.63) is 52.8 Å². The Balaban J connectivity index is 2.06. The standard InChI is InChI=1S/C16H11F3N2O2S/c17-9-3-8(7-20)4-10(5-9)23-12-1-2-13(24-21)14-11(12)6-16(18,19)15(14)22/h1-5,15,22H,6,21H2/t15-/m0/s1. The maximum atomic E-state index is 13.9. The van der Waals surface area contributed by atoms with E-state index in [9.17, 15) is 18.3 Å². The highest BCUT2D eigenvalue weighted by molar-refractivity contribution is 7.97. The number of nitrogens with zero attached hydrogens (tertiary/aromatic N) is 1. The molecule has 2 aromatic carbocycles. The van der Waals surface area contributed by atoms with Gasteiger partial charge in [-0.05, 0) is 36.2 Å². The minimum atomic E-state index is -3.34. The van der Waals surface area contributed by atoms with Crippen molar-refractivity contribution in [2.45, 2.75) is 23.3 Å². The van der Waals surface area contributed by atoms with Crippen LogP contribution < -0.4 is 9.88 Å². The van der Waals surface area contributed by atoms with Crippen molar-refractivity contribution in [1.82, 2.24) is 0 Å². The highest BCUT2D eigenvalue weighted by Gasteiger charge is 2.49. The fraction of sp³-hybridized carbons (Fsp3) is 0.188. The van der Waals surface area contributed by atoms with Crippen LogP contribution in [0.15, 0.2) is 35.2 Å². The lowest BCUT2D eigenvalue weighted by molar-refractivity contribution is -0.0976. The maximum absolute atomic E-state index is 13.9. The average Bonchev–Trinajstić information content (AvgIpc) is 2.78. The number of benzene rings is 2. The summed E-state index contributed by atoms with van der Waals surface area (Å²) in [5.41, 5.74) is 0.175. The first-order valence-electron chi connectivity index (χ1n) is 6.82. The number of nitriles is 1. The van der Waals surface area contributed by atoms with Crippen LogP contribution in [0.5, 0.6) is 11.5 Å². The van der Waals surface area contributed by atoms with Crippen LogP contribution in [0.25, 0.3) is 0 Å². The molecule has 0 heterocycles. The van der Waals surface area contributed by atoms with Gasteiger partial charge in [0.1, 0.15) is 23.4 Å². The molecule has 3 N–H and O–H groups in total. The van der Waals surface area contributed by atoms with E-state index in [1.54, 1.807) is 6.07 Å². The minimum absolute atomic E-state index is 0.00612. The Bertz CT molecular complexity index is 852. The summed E-state index contributed by atoms with van der Waals surface area (Å²) in [7, 11) is 0. The summed E-state index contributed by atoms with van der Waals surface area (Å²) in [6, 6.07) is 8.04. The number of hydrogen-bond donors (Lipinski definition) is 2. The van der Waals surface area contributed by atoms with Gasteiger partial charge in [0.15, 0.2) is 0 Å². The van der Waals surface area contributed by atoms with Crippen LogP contribution in [0.2, 0.25) is 0 Å². The Labute approximate surface area is 139 Å². The molecule has 3 rings (SSSR count). The Morgan fingerprint density at radius 2 is 2.08 bits per heavy atom. The predicted molar refractivity (Wildman–Crippen MR) is 81.3 cm³/mol. The second-order valence-electron chi connectivity index (χ2n) is 5.30. The Hall–Kier alpha value is -2.21. The van der Waals surface area contributed by atoms with Gasteiger partial charge in [-0.1, -0.05) is 0 Å². The topological polar surface area (TPSA) is 79.3 Å². The fourth-order valence-electron chi connectivity index (χ4n) is 2.66. The molecule has 0 amide bonds. The Kier molecular flexibility index (Phi) is 4.17. The molecule has 0 aliphatic heterocycles. The Morgan fingerprint density at radius 1 is 1.33 bits per heavy atom. The van der Waals surface area contributed by atoms with Gasteiger partial charge < -0.3 is 9.84 Å². The Morgan fingerprint density at radius 3 is 2.75 bits per heavy atom. The summed E-state index contributed by atoms with van der Waals surface area (Å²) in [6.45, 7) is 0. The molecule has 0 bridgehead atoms. The number of alkyl halides is 2. The van der Waals surface area contributed by atoms with Gasteiger partial charge in [-0.25, -0.2) is 13.2 Å². The molecule has 8 heteroatoms. The molecule has 4 nitrogen and oxygen atoms in total. The average molecular weight is 352 g/mol. The van der Waals surface area contributed by atoms with Gasteiger partial charge in [0.05, 0.1) is 11.6 Å². The van der Waals surface area contributed by atoms with Crippen LogP contribution in [0.4, 0.5) is 13.2 Å². The van der Waals surface area contributed by atoms with E-state index in [-0.39, 0.29) is 28.2 Å².